The van der Waals surface area contributed by atoms with Gasteiger partial charge in [-0.3, -0.25) is 4.79 Å². The third-order valence-corrected chi connectivity index (χ3v) is 5.00. The maximum atomic E-state index is 13.0. The molecular formula is C22H14FNO4S. The first-order valence-corrected chi connectivity index (χ1v) is 9.54. The fourth-order valence-corrected chi connectivity index (χ4v) is 3.39. The van der Waals surface area contributed by atoms with Crippen LogP contribution >= 0.6 is 11.3 Å². The SMILES string of the molecule is O=C(OCc1coc(-c2ccc(F)cc2)n1)c1ccccc1C(=O)c1cccs1. The molecule has 2 aromatic carbocycles. The van der Waals surface area contributed by atoms with Crippen molar-refractivity contribution in [3.05, 3.63) is 99.8 Å². The van der Waals surface area contributed by atoms with Gasteiger partial charge in [0.05, 0.1) is 10.4 Å². The molecule has 0 amide bonds. The maximum Gasteiger partial charge on any atom is 0.339 e. The second kappa shape index (κ2) is 8.20. The second-order valence-corrected chi connectivity index (χ2v) is 7.03. The average Bonchev–Trinajstić information content (AvgIpc) is 3.44. The maximum absolute atomic E-state index is 13.0. The lowest BCUT2D eigenvalue weighted by Gasteiger charge is -2.07. The van der Waals surface area contributed by atoms with Gasteiger partial charge in [0.1, 0.15) is 24.4 Å². The molecule has 4 aromatic rings. The quantitative estimate of drug-likeness (QED) is 0.327. The monoisotopic (exact) mass is 407 g/mol. The number of hydrogen-bond donors (Lipinski definition) is 0. The summed E-state index contributed by atoms with van der Waals surface area (Å²) >= 11 is 1.31. The van der Waals surface area contributed by atoms with Crippen molar-refractivity contribution in [3.8, 4) is 11.5 Å². The fraction of sp³-hybridized carbons (Fsp3) is 0.0455. The summed E-state index contributed by atoms with van der Waals surface area (Å²) in [5, 5.41) is 1.80. The molecule has 0 unspecified atom stereocenters. The highest BCUT2D eigenvalue weighted by atomic mass is 32.1. The molecule has 0 bridgehead atoms. The minimum Gasteiger partial charge on any atom is -0.455 e. The van der Waals surface area contributed by atoms with E-state index in [4.69, 9.17) is 9.15 Å². The van der Waals surface area contributed by atoms with Gasteiger partial charge < -0.3 is 9.15 Å². The number of carbonyl (C=O) groups is 2. The molecule has 0 atom stereocenters. The van der Waals surface area contributed by atoms with E-state index >= 15 is 0 Å². The fourth-order valence-electron chi connectivity index (χ4n) is 2.72. The van der Waals surface area contributed by atoms with Gasteiger partial charge in [-0.05, 0) is 41.8 Å². The molecule has 0 radical (unpaired) electrons. The molecule has 0 aliphatic heterocycles. The van der Waals surface area contributed by atoms with Gasteiger partial charge in [-0.2, -0.15) is 0 Å². The van der Waals surface area contributed by atoms with Crippen molar-refractivity contribution in [3.63, 3.8) is 0 Å². The number of rotatable bonds is 6. The lowest BCUT2D eigenvalue weighted by atomic mass is 10.0. The van der Waals surface area contributed by atoms with E-state index in [1.54, 1.807) is 53.9 Å². The summed E-state index contributed by atoms with van der Waals surface area (Å²) in [5.41, 5.74) is 1.48. The first-order valence-electron chi connectivity index (χ1n) is 8.66. The smallest absolute Gasteiger partial charge is 0.339 e. The van der Waals surface area contributed by atoms with E-state index in [2.05, 4.69) is 4.98 Å². The minimum atomic E-state index is -0.628. The van der Waals surface area contributed by atoms with Gasteiger partial charge >= 0.3 is 5.97 Å². The van der Waals surface area contributed by atoms with Gasteiger partial charge in [-0.1, -0.05) is 24.3 Å². The number of esters is 1. The molecule has 5 nitrogen and oxygen atoms in total. The Hall–Kier alpha value is -3.58. The Morgan fingerprint density at radius 1 is 1.00 bits per heavy atom. The van der Waals surface area contributed by atoms with Crippen LogP contribution in [-0.4, -0.2) is 16.7 Å². The third kappa shape index (κ3) is 4.14. The molecule has 144 valence electrons. The number of thiophene rings is 1. The summed E-state index contributed by atoms with van der Waals surface area (Å²) in [4.78, 5) is 30.0. The highest BCUT2D eigenvalue weighted by Crippen LogP contribution is 2.21. The van der Waals surface area contributed by atoms with Gasteiger partial charge in [0.25, 0.3) is 0 Å². The van der Waals surface area contributed by atoms with Crippen LogP contribution in [0.15, 0.2) is 76.7 Å². The van der Waals surface area contributed by atoms with E-state index in [1.165, 1.54) is 29.7 Å². The van der Waals surface area contributed by atoms with Gasteiger partial charge in [-0.25, -0.2) is 14.2 Å². The molecule has 0 fully saturated rings. The Morgan fingerprint density at radius 3 is 2.48 bits per heavy atom. The van der Waals surface area contributed by atoms with Crippen LogP contribution in [0.3, 0.4) is 0 Å². The highest BCUT2D eigenvalue weighted by Gasteiger charge is 2.20. The molecule has 0 spiro atoms. The van der Waals surface area contributed by atoms with Crippen LogP contribution < -0.4 is 0 Å². The van der Waals surface area contributed by atoms with Gasteiger partial charge in [-0.15, -0.1) is 11.3 Å². The topological polar surface area (TPSA) is 69.4 Å². The molecule has 0 N–H and O–H groups in total. The number of ketones is 1. The van der Waals surface area contributed by atoms with Gasteiger partial charge in [0, 0.05) is 11.1 Å². The zero-order chi connectivity index (χ0) is 20.2. The predicted molar refractivity (Wildman–Crippen MR) is 105 cm³/mol. The van der Waals surface area contributed by atoms with E-state index in [-0.39, 0.29) is 29.3 Å². The molecule has 7 heteroatoms. The Balaban J connectivity index is 1.47. The van der Waals surface area contributed by atoms with E-state index in [0.717, 1.165) is 0 Å². The van der Waals surface area contributed by atoms with Crippen molar-refractivity contribution in [2.45, 2.75) is 6.61 Å². The summed E-state index contributed by atoms with van der Waals surface area (Å²) in [5.74, 6) is -0.918. The molecule has 0 saturated carbocycles. The van der Waals surface area contributed by atoms with Gasteiger partial charge in [0.2, 0.25) is 11.7 Å². The van der Waals surface area contributed by atoms with Crippen molar-refractivity contribution >= 4 is 23.1 Å². The number of ether oxygens (including phenoxy) is 1. The second-order valence-electron chi connectivity index (χ2n) is 6.08. The van der Waals surface area contributed by atoms with Crippen molar-refractivity contribution in [1.29, 1.82) is 0 Å². The number of carbonyl (C=O) groups excluding carboxylic acids is 2. The molecule has 0 aliphatic carbocycles. The standard InChI is InChI=1S/C22H14FNO4S/c23-15-9-7-14(8-10-15)21-24-16(12-27-21)13-28-22(26)18-5-2-1-4-17(18)20(25)19-6-3-11-29-19/h1-12H,13H2. The summed E-state index contributed by atoms with van der Waals surface area (Å²) in [6.45, 7) is -0.120. The van der Waals surface area contributed by atoms with Crippen LogP contribution in [-0.2, 0) is 11.3 Å². The molecular weight excluding hydrogens is 393 g/mol. The van der Waals surface area contributed by atoms with Crippen LogP contribution in [0.1, 0.15) is 31.3 Å². The van der Waals surface area contributed by atoms with Crippen molar-refractivity contribution in [2.75, 3.05) is 0 Å². The largest absolute Gasteiger partial charge is 0.455 e. The van der Waals surface area contributed by atoms with Crippen LogP contribution in [0, 0.1) is 5.82 Å². The molecule has 2 aromatic heterocycles. The van der Waals surface area contributed by atoms with Crippen LogP contribution in [0.5, 0.6) is 0 Å². The molecule has 4 rings (SSSR count). The summed E-state index contributed by atoms with van der Waals surface area (Å²) in [7, 11) is 0. The number of oxazole rings is 1. The number of hydrogen-bond acceptors (Lipinski definition) is 6. The average molecular weight is 407 g/mol. The highest BCUT2D eigenvalue weighted by molar-refractivity contribution is 7.12. The Labute approximate surface area is 169 Å². The molecule has 0 saturated heterocycles. The zero-order valence-corrected chi connectivity index (χ0v) is 15.8. The van der Waals surface area contributed by atoms with Gasteiger partial charge in [0.15, 0.2) is 0 Å². The lowest BCUT2D eigenvalue weighted by Crippen LogP contribution is -2.12. The van der Waals surface area contributed by atoms with Crippen LogP contribution in [0.4, 0.5) is 4.39 Å². The van der Waals surface area contributed by atoms with E-state index in [9.17, 15) is 14.0 Å². The zero-order valence-electron chi connectivity index (χ0n) is 15.0. The molecule has 29 heavy (non-hydrogen) atoms. The van der Waals surface area contributed by atoms with Crippen LogP contribution in [0.25, 0.3) is 11.5 Å². The molecule has 0 aliphatic rings. The number of nitrogens with zero attached hydrogens (tertiary/aromatic N) is 1. The lowest BCUT2D eigenvalue weighted by molar-refractivity contribution is 0.0465. The number of benzene rings is 2. The summed E-state index contributed by atoms with van der Waals surface area (Å²) in [6.07, 6.45) is 1.37. The van der Waals surface area contributed by atoms with E-state index < -0.39 is 5.97 Å². The first-order chi connectivity index (χ1) is 14.1. The van der Waals surface area contributed by atoms with E-state index in [0.29, 0.717) is 22.0 Å². The summed E-state index contributed by atoms with van der Waals surface area (Å²) in [6, 6.07) is 15.7. The van der Waals surface area contributed by atoms with E-state index in [1.807, 2.05) is 0 Å². The summed E-state index contributed by atoms with van der Waals surface area (Å²) < 4.78 is 23.7. The third-order valence-electron chi connectivity index (χ3n) is 4.13. The normalized spacial score (nSPS) is 10.7. The first kappa shape index (κ1) is 18.8. The Kier molecular flexibility index (Phi) is 5.31. The minimum absolute atomic E-state index is 0.120. The number of halogens is 1. The number of aromatic nitrogens is 1. The van der Waals surface area contributed by atoms with Crippen molar-refractivity contribution < 1.29 is 23.1 Å². The Morgan fingerprint density at radius 2 is 1.76 bits per heavy atom. The molecule has 2 heterocycles. The van der Waals surface area contributed by atoms with Crippen molar-refractivity contribution in [2.24, 2.45) is 0 Å². The predicted octanol–water partition coefficient (Wildman–Crippen LogP) is 5.13. The van der Waals surface area contributed by atoms with Crippen molar-refractivity contribution in [1.82, 2.24) is 4.98 Å². The Bertz CT molecular complexity index is 1150. The van der Waals surface area contributed by atoms with Crippen LogP contribution in [0.2, 0.25) is 0 Å².